The van der Waals surface area contributed by atoms with Crippen LogP contribution < -0.4 is 0 Å². The minimum atomic E-state index is -0.760. The van der Waals surface area contributed by atoms with Gasteiger partial charge in [-0.05, 0) is 25.2 Å². The van der Waals surface area contributed by atoms with E-state index in [0.29, 0.717) is 19.3 Å². The highest BCUT2D eigenvalue weighted by Crippen LogP contribution is 2.18. The molecule has 6 heteroatoms. The summed E-state index contributed by atoms with van der Waals surface area (Å²) in [6.07, 6.45) is 49.4. The predicted molar refractivity (Wildman–Crippen MR) is 252 cm³/mol. The first-order valence-electron chi connectivity index (χ1n) is 26.4. The molecule has 6 nitrogen and oxygen atoms in total. The molecule has 0 aromatic heterocycles. The first kappa shape index (κ1) is 57.4. The molecule has 0 spiro atoms. The molecule has 0 aliphatic heterocycles. The number of carbonyl (C=O) groups is 3. The van der Waals surface area contributed by atoms with Crippen LogP contribution in [0.1, 0.15) is 297 Å². The van der Waals surface area contributed by atoms with Crippen LogP contribution in [0.2, 0.25) is 0 Å². The van der Waals surface area contributed by atoms with Crippen LogP contribution in [0, 0.1) is 5.92 Å². The second-order valence-electron chi connectivity index (χ2n) is 18.4. The molecular weight excluding hydrogens is 733 g/mol. The third kappa shape index (κ3) is 45.8. The van der Waals surface area contributed by atoms with Gasteiger partial charge in [0.15, 0.2) is 6.10 Å². The van der Waals surface area contributed by atoms with Crippen molar-refractivity contribution >= 4 is 17.9 Å². The Kier molecular flexibility index (Phi) is 46.2. The van der Waals surface area contributed by atoms with Gasteiger partial charge in [-0.1, -0.05) is 259 Å². The highest BCUT2D eigenvalue weighted by Gasteiger charge is 2.19. The Morgan fingerprint density at radius 3 is 0.881 bits per heavy atom. The maximum absolute atomic E-state index is 12.7. The van der Waals surface area contributed by atoms with Crippen LogP contribution in [0.25, 0.3) is 0 Å². The van der Waals surface area contributed by atoms with E-state index in [4.69, 9.17) is 14.2 Å². The molecule has 0 saturated carbocycles. The van der Waals surface area contributed by atoms with Crippen molar-refractivity contribution in [2.75, 3.05) is 13.2 Å². The zero-order chi connectivity index (χ0) is 43.1. The number of hydrogen-bond acceptors (Lipinski definition) is 6. The van der Waals surface area contributed by atoms with Gasteiger partial charge < -0.3 is 14.2 Å². The Morgan fingerprint density at radius 1 is 0.339 bits per heavy atom. The molecule has 0 fully saturated rings. The molecule has 350 valence electrons. The van der Waals surface area contributed by atoms with Crippen LogP contribution in [0.15, 0.2) is 0 Å². The lowest BCUT2D eigenvalue weighted by atomic mass is 9.99. The van der Waals surface area contributed by atoms with Crippen LogP contribution in [0.3, 0.4) is 0 Å². The van der Waals surface area contributed by atoms with Gasteiger partial charge in [-0.15, -0.1) is 0 Å². The average Bonchev–Trinajstić information content (AvgIpc) is 3.23. The lowest BCUT2D eigenvalue weighted by molar-refractivity contribution is -0.167. The third-order valence-electron chi connectivity index (χ3n) is 12.4. The second kappa shape index (κ2) is 47.5. The fourth-order valence-electron chi connectivity index (χ4n) is 8.01. The molecule has 59 heavy (non-hydrogen) atoms. The Balaban J connectivity index is 4.22. The number of ether oxygens (including phenoxy) is 3. The van der Waals surface area contributed by atoms with Gasteiger partial charge in [0.2, 0.25) is 0 Å². The van der Waals surface area contributed by atoms with Crippen molar-refractivity contribution in [1.29, 1.82) is 0 Å². The summed E-state index contributed by atoms with van der Waals surface area (Å²) in [6, 6.07) is 0. The molecule has 0 aliphatic rings. The second-order valence-corrected chi connectivity index (χ2v) is 18.4. The summed E-state index contributed by atoms with van der Waals surface area (Å²) in [4.78, 5) is 37.9. The van der Waals surface area contributed by atoms with Crippen molar-refractivity contribution in [3.8, 4) is 0 Å². The zero-order valence-electron chi connectivity index (χ0n) is 40.2. The Bertz CT molecular complexity index is 889. The summed E-state index contributed by atoms with van der Waals surface area (Å²) in [5, 5.41) is 0. The van der Waals surface area contributed by atoms with Crippen molar-refractivity contribution in [3.63, 3.8) is 0 Å². The summed E-state index contributed by atoms with van der Waals surface area (Å²) in [5.41, 5.74) is 0. The molecule has 0 aliphatic carbocycles. The van der Waals surface area contributed by atoms with E-state index < -0.39 is 6.10 Å². The monoisotopic (exact) mass is 835 g/mol. The summed E-state index contributed by atoms with van der Waals surface area (Å²) in [6.45, 7) is 9.04. The first-order valence-corrected chi connectivity index (χ1v) is 26.4. The maximum Gasteiger partial charge on any atom is 0.306 e. The molecule has 0 radical (unpaired) electrons. The van der Waals surface area contributed by atoms with E-state index in [0.717, 1.165) is 63.7 Å². The molecule has 0 aromatic rings. The van der Waals surface area contributed by atoms with Crippen molar-refractivity contribution in [2.24, 2.45) is 5.92 Å². The number of carbonyl (C=O) groups excluding carboxylic acids is 3. The SMILES string of the molecule is CCCCCCCCCCCCCCCCCCCCC(=O)OC[C@@H](COC(=O)CCCCCCCCCCCCC(C)CC)OC(=O)CCCCCCCCCCC. The van der Waals surface area contributed by atoms with Gasteiger partial charge in [0.05, 0.1) is 0 Å². The normalized spacial score (nSPS) is 12.4. The Labute approximate surface area is 368 Å². The van der Waals surface area contributed by atoms with Gasteiger partial charge in [0, 0.05) is 19.3 Å². The molecule has 0 N–H and O–H groups in total. The fourth-order valence-corrected chi connectivity index (χ4v) is 8.01. The van der Waals surface area contributed by atoms with Crippen LogP contribution >= 0.6 is 0 Å². The zero-order valence-corrected chi connectivity index (χ0v) is 40.2. The molecule has 0 bridgehead atoms. The number of hydrogen-bond donors (Lipinski definition) is 0. The van der Waals surface area contributed by atoms with Crippen LogP contribution in [-0.4, -0.2) is 37.2 Å². The first-order chi connectivity index (χ1) is 28.9. The number of esters is 3. The highest BCUT2D eigenvalue weighted by atomic mass is 16.6. The van der Waals surface area contributed by atoms with Crippen LogP contribution in [0.5, 0.6) is 0 Å². The van der Waals surface area contributed by atoms with Gasteiger partial charge in [0.1, 0.15) is 13.2 Å². The minimum absolute atomic E-state index is 0.0630. The average molecular weight is 835 g/mol. The highest BCUT2D eigenvalue weighted by molar-refractivity contribution is 5.71. The van der Waals surface area contributed by atoms with E-state index in [-0.39, 0.29) is 31.1 Å². The lowest BCUT2D eigenvalue weighted by Crippen LogP contribution is -2.30. The Hall–Kier alpha value is -1.59. The summed E-state index contributed by atoms with van der Waals surface area (Å²) >= 11 is 0. The number of rotatable bonds is 48. The van der Waals surface area contributed by atoms with E-state index in [2.05, 4.69) is 27.7 Å². The third-order valence-corrected chi connectivity index (χ3v) is 12.4. The van der Waals surface area contributed by atoms with E-state index in [1.54, 1.807) is 0 Å². The van der Waals surface area contributed by atoms with Crippen LogP contribution in [0.4, 0.5) is 0 Å². The maximum atomic E-state index is 12.7. The van der Waals surface area contributed by atoms with Gasteiger partial charge in [0.25, 0.3) is 0 Å². The minimum Gasteiger partial charge on any atom is -0.462 e. The van der Waals surface area contributed by atoms with E-state index in [9.17, 15) is 14.4 Å². The molecule has 0 heterocycles. The topological polar surface area (TPSA) is 78.9 Å². The smallest absolute Gasteiger partial charge is 0.306 e. The van der Waals surface area contributed by atoms with E-state index >= 15 is 0 Å². The molecular formula is C53H102O6. The molecule has 0 aromatic carbocycles. The van der Waals surface area contributed by atoms with Crippen molar-refractivity contribution in [2.45, 2.75) is 303 Å². The summed E-state index contributed by atoms with van der Waals surface area (Å²) < 4.78 is 16.8. The Morgan fingerprint density at radius 2 is 0.593 bits per heavy atom. The lowest BCUT2D eigenvalue weighted by Gasteiger charge is -2.18. The number of unbranched alkanes of at least 4 members (excludes halogenated alkanes) is 34. The van der Waals surface area contributed by atoms with Gasteiger partial charge in [-0.3, -0.25) is 14.4 Å². The van der Waals surface area contributed by atoms with Crippen molar-refractivity contribution < 1.29 is 28.6 Å². The van der Waals surface area contributed by atoms with Crippen molar-refractivity contribution in [1.82, 2.24) is 0 Å². The van der Waals surface area contributed by atoms with Crippen LogP contribution in [-0.2, 0) is 28.6 Å². The standard InChI is InChI=1S/C53H102O6/c1-5-8-10-12-14-16-17-18-19-20-21-22-23-24-29-32-36-40-44-51(54)57-47-50(59-53(56)46-42-38-34-27-15-13-11-9-6-2)48-58-52(55)45-41-37-33-30-26-25-28-31-35-39-43-49(4)7-3/h49-50H,5-48H2,1-4H3/t49?,50-/m0/s1. The largest absolute Gasteiger partial charge is 0.462 e. The summed E-state index contributed by atoms with van der Waals surface area (Å²) in [7, 11) is 0. The molecule has 0 saturated heterocycles. The fraction of sp³-hybridized carbons (Fsp3) is 0.943. The van der Waals surface area contributed by atoms with E-state index in [1.807, 2.05) is 0 Å². The summed E-state index contributed by atoms with van der Waals surface area (Å²) in [5.74, 6) is 0.0229. The van der Waals surface area contributed by atoms with E-state index in [1.165, 1.54) is 193 Å². The predicted octanol–water partition coefficient (Wildman–Crippen LogP) is 17.1. The van der Waals surface area contributed by atoms with Gasteiger partial charge >= 0.3 is 17.9 Å². The molecule has 0 amide bonds. The quantitative estimate of drug-likeness (QED) is 0.0345. The molecule has 0 rings (SSSR count). The van der Waals surface area contributed by atoms with Gasteiger partial charge in [-0.2, -0.15) is 0 Å². The molecule has 2 atom stereocenters. The van der Waals surface area contributed by atoms with Crippen molar-refractivity contribution in [3.05, 3.63) is 0 Å². The molecule has 1 unspecified atom stereocenters. The van der Waals surface area contributed by atoms with Gasteiger partial charge in [-0.25, -0.2) is 0 Å².